The largest absolute Gasteiger partial charge is 0.490 e. The molecule has 0 amide bonds. The minimum Gasteiger partial charge on any atom is -0.490 e. The Balaban J connectivity index is 1.43. The first-order valence-electron chi connectivity index (χ1n) is 16.9. The maximum atomic E-state index is 15.6. The van der Waals surface area contributed by atoms with Crippen molar-refractivity contribution in [2.45, 2.75) is 71.6 Å². The van der Waals surface area contributed by atoms with Gasteiger partial charge in [0.05, 0.1) is 17.1 Å². The van der Waals surface area contributed by atoms with E-state index in [2.05, 4.69) is 41.3 Å². The van der Waals surface area contributed by atoms with Gasteiger partial charge in [-0.15, -0.1) is 0 Å². The van der Waals surface area contributed by atoms with Gasteiger partial charge >= 0.3 is 0 Å². The van der Waals surface area contributed by atoms with Crippen molar-refractivity contribution in [3.8, 4) is 34.4 Å². The fraction of sp³-hybridized carbons (Fsp3) is 0.432. The fourth-order valence-corrected chi connectivity index (χ4v) is 6.53. The van der Waals surface area contributed by atoms with Crippen LogP contribution in [-0.4, -0.2) is 53.7 Å². The van der Waals surface area contributed by atoms with Crippen LogP contribution in [0.1, 0.15) is 38.7 Å². The van der Waals surface area contributed by atoms with Gasteiger partial charge < -0.3 is 34.5 Å². The lowest BCUT2D eigenvalue weighted by Crippen LogP contribution is -2.34. The molecule has 1 fully saturated rings. The Morgan fingerprint density at radius 2 is 1.88 bits per heavy atom. The van der Waals surface area contributed by atoms with Crippen LogP contribution in [0, 0.1) is 34.8 Å². The van der Waals surface area contributed by atoms with Crippen LogP contribution in [0.15, 0.2) is 48.8 Å². The van der Waals surface area contributed by atoms with Crippen LogP contribution in [-0.2, 0) is 11.5 Å². The van der Waals surface area contributed by atoms with E-state index in [-0.39, 0.29) is 41.9 Å². The van der Waals surface area contributed by atoms with Crippen molar-refractivity contribution in [3.05, 3.63) is 66.0 Å². The van der Waals surface area contributed by atoms with Crippen LogP contribution in [0.2, 0.25) is 25.7 Å². The number of ether oxygens (including phenoxy) is 3. The Hall–Kier alpha value is -4.09. The SMILES string of the molecule is CC(C)Oc1ccc(-c2cn(COCC[Si](C)(C)C)c3nccc(Oc4c(F)cc(NC(=S)NC[C@H](CO)CC5CC5)cc4F)c23)cc1C#N. The Morgan fingerprint density at radius 1 is 1.14 bits per heavy atom. The molecule has 13 heteroatoms. The summed E-state index contributed by atoms with van der Waals surface area (Å²) in [4.78, 5) is 4.59. The Bertz CT molecular complexity index is 1850. The van der Waals surface area contributed by atoms with E-state index < -0.39 is 25.5 Å². The third-order valence-electron chi connectivity index (χ3n) is 8.36. The second kappa shape index (κ2) is 16.3. The molecule has 1 aliphatic rings. The zero-order valence-electron chi connectivity index (χ0n) is 29.2. The zero-order valence-corrected chi connectivity index (χ0v) is 31.0. The summed E-state index contributed by atoms with van der Waals surface area (Å²) in [6, 6.07) is 12.2. The van der Waals surface area contributed by atoms with E-state index >= 15 is 8.78 Å². The van der Waals surface area contributed by atoms with Crippen molar-refractivity contribution >= 4 is 42.1 Å². The van der Waals surface area contributed by atoms with Gasteiger partial charge in [0.25, 0.3) is 0 Å². The number of halogens is 2. The molecule has 0 saturated heterocycles. The number of pyridine rings is 1. The number of rotatable bonds is 16. The second-order valence-corrected chi connectivity index (χ2v) is 20.3. The van der Waals surface area contributed by atoms with Gasteiger partial charge in [-0.1, -0.05) is 38.5 Å². The van der Waals surface area contributed by atoms with Crippen LogP contribution in [0.5, 0.6) is 17.2 Å². The molecule has 0 radical (unpaired) electrons. The van der Waals surface area contributed by atoms with E-state index in [1.165, 1.54) is 19.0 Å². The average molecular weight is 722 g/mol. The zero-order chi connectivity index (χ0) is 36.0. The summed E-state index contributed by atoms with van der Waals surface area (Å²) in [5.41, 5.74) is 2.26. The highest BCUT2D eigenvalue weighted by Crippen LogP contribution is 2.41. The predicted molar refractivity (Wildman–Crippen MR) is 198 cm³/mol. The molecule has 9 nitrogen and oxygen atoms in total. The summed E-state index contributed by atoms with van der Waals surface area (Å²) < 4.78 is 50.8. The van der Waals surface area contributed by atoms with Crippen molar-refractivity contribution in [3.63, 3.8) is 0 Å². The van der Waals surface area contributed by atoms with E-state index in [9.17, 15) is 10.4 Å². The number of thiocarbonyl (C=S) groups is 1. The number of nitrogens with one attached hydrogen (secondary N) is 2. The van der Waals surface area contributed by atoms with Gasteiger partial charge in [0, 0.05) is 63.6 Å². The third-order valence-corrected chi connectivity index (χ3v) is 10.3. The van der Waals surface area contributed by atoms with Gasteiger partial charge in [0.1, 0.15) is 29.9 Å². The van der Waals surface area contributed by atoms with Crippen molar-refractivity contribution in [1.29, 1.82) is 5.26 Å². The van der Waals surface area contributed by atoms with E-state index in [1.807, 2.05) is 30.7 Å². The first-order chi connectivity index (χ1) is 23.8. The number of hydrogen-bond donors (Lipinski definition) is 3. The lowest BCUT2D eigenvalue weighted by atomic mass is 10.0. The summed E-state index contributed by atoms with van der Waals surface area (Å²) in [5.74, 6) is -1.12. The molecule has 50 heavy (non-hydrogen) atoms. The smallest absolute Gasteiger partial charge is 0.198 e. The number of hydrogen-bond acceptors (Lipinski definition) is 7. The maximum Gasteiger partial charge on any atom is 0.198 e. The topological polar surface area (TPSA) is 114 Å². The van der Waals surface area contributed by atoms with Gasteiger partial charge in [0.15, 0.2) is 22.5 Å². The van der Waals surface area contributed by atoms with Crippen LogP contribution in [0.4, 0.5) is 14.5 Å². The molecule has 5 rings (SSSR count). The van der Waals surface area contributed by atoms with Gasteiger partial charge in [0.2, 0.25) is 0 Å². The van der Waals surface area contributed by atoms with Crippen LogP contribution < -0.4 is 20.1 Å². The number of benzene rings is 2. The Kier molecular flexibility index (Phi) is 12.1. The van der Waals surface area contributed by atoms with E-state index in [1.54, 1.807) is 18.2 Å². The van der Waals surface area contributed by atoms with Crippen LogP contribution in [0.25, 0.3) is 22.2 Å². The van der Waals surface area contributed by atoms with Crippen molar-refractivity contribution in [1.82, 2.24) is 14.9 Å². The molecule has 0 aliphatic heterocycles. The highest BCUT2D eigenvalue weighted by molar-refractivity contribution is 7.80. The number of aromatic nitrogens is 2. The molecule has 2 heterocycles. The van der Waals surface area contributed by atoms with E-state index in [0.717, 1.165) is 24.6 Å². The monoisotopic (exact) mass is 721 g/mol. The van der Waals surface area contributed by atoms with Crippen molar-refractivity contribution in [2.75, 3.05) is 25.1 Å². The molecule has 2 aromatic carbocycles. The molecule has 1 atom stereocenters. The number of fused-ring (bicyclic) bond motifs is 1. The van der Waals surface area contributed by atoms with E-state index in [0.29, 0.717) is 52.5 Å². The van der Waals surface area contributed by atoms with Crippen molar-refractivity contribution in [2.24, 2.45) is 11.8 Å². The average Bonchev–Trinajstić information content (AvgIpc) is 3.80. The Morgan fingerprint density at radius 3 is 2.52 bits per heavy atom. The summed E-state index contributed by atoms with van der Waals surface area (Å²) in [6.07, 6.45) is 6.51. The lowest BCUT2D eigenvalue weighted by molar-refractivity contribution is 0.0899. The first-order valence-corrected chi connectivity index (χ1v) is 21.1. The molecular weight excluding hydrogens is 677 g/mol. The number of nitrogens with zero attached hydrogens (tertiary/aromatic N) is 3. The molecule has 1 saturated carbocycles. The fourth-order valence-electron chi connectivity index (χ4n) is 5.57. The molecule has 0 bridgehead atoms. The first kappa shape index (κ1) is 37.2. The summed E-state index contributed by atoms with van der Waals surface area (Å²) in [7, 11) is -1.32. The normalized spacial score (nSPS) is 13.7. The minimum atomic E-state index is -1.32. The molecule has 266 valence electrons. The Labute approximate surface area is 298 Å². The van der Waals surface area contributed by atoms with Gasteiger partial charge in [-0.25, -0.2) is 13.8 Å². The summed E-state index contributed by atoms with van der Waals surface area (Å²) in [5, 5.41) is 26.2. The molecule has 2 aromatic heterocycles. The number of aliphatic hydroxyl groups is 1. The minimum absolute atomic E-state index is 0.0394. The van der Waals surface area contributed by atoms with E-state index in [4.69, 9.17) is 26.4 Å². The summed E-state index contributed by atoms with van der Waals surface area (Å²) >= 11 is 5.35. The molecule has 1 aliphatic carbocycles. The van der Waals surface area contributed by atoms with Crippen molar-refractivity contribution < 1.29 is 28.1 Å². The molecule has 0 unspecified atom stereocenters. The standard InChI is InChI=1S/C37H45F2N5O4SSi/c1-23(2)47-32-9-8-26(15-27(32)18-40)29-20-44(22-46-12-13-50(3,4)5)36-34(29)33(10-11-41-36)48-35-30(38)16-28(17-31(35)39)43-37(49)42-19-25(21-45)14-24-6-7-24/h8-11,15-17,20,23-25,45H,6-7,12-14,19,21-22H2,1-5H3,(H2,42,43,49)/t25-/m1/s1. The predicted octanol–water partition coefficient (Wildman–Crippen LogP) is 8.44. The summed E-state index contributed by atoms with van der Waals surface area (Å²) in [6.45, 7) is 11.9. The quantitative estimate of drug-likeness (QED) is 0.0596. The van der Waals surface area contributed by atoms with Crippen LogP contribution >= 0.6 is 12.2 Å². The highest BCUT2D eigenvalue weighted by atomic mass is 32.1. The van der Waals surface area contributed by atoms with Gasteiger partial charge in [-0.2, -0.15) is 5.26 Å². The highest BCUT2D eigenvalue weighted by Gasteiger charge is 2.25. The third kappa shape index (κ3) is 9.78. The van der Waals surface area contributed by atoms with Crippen LogP contribution in [0.3, 0.4) is 0 Å². The van der Waals surface area contributed by atoms with Gasteiger partial charge in [-0.3, -0.25) is 0 Å². The number of anilines is 1. The maximum absolute atomic E-state index is 15.6. The molecule has 0 spiro atoms. The molecule has 3 N–H and O–H groups in total. The number of aliphatic hydroxyl groups excluding tert-OH is 1. The molecular formula is C37H45F2N5O4SSi. The van der Waals surface area contributed by atoms with Gasteiger partial charge in [-0.05, 0) is 74.1 Å². The second-order valence-electron chi connectivity index (χ2n) is 14.3. The molecule has 4 aromatic rings. The number of nitriles is 1. The lowest BCUT2D eigenvalue weighted by Gasteiger charge is -2.17.